The maximum atomic E-state index is 7.13. The zero-order chi connectivity index (χ0) is 17.9. The van der Waals surface area contributed by atoms with E-state index in [4.69, 9.17) is 4.74 Å². The Balaban J connectivity index is 1.55. The fourth-order valence-electron chi connectivity index (χ4n) is 6.51. The first-order chi connectivity index (χ1) is 12.7. The molecule has 0 aromatic carbocycles. The van der Waals surface area contributed by atoms with E-state index < -0.39 is 0 Å². The molecule has 0 amide bonds. The predicted molar refractivity (Wildman–Crippen MR) is 109 cm³/mol. The van der Waals surface area contributed by atoms with Crippen molar-refractivity contribution in [3.05, 3.63) is 11.1 Å². The Morgan fingerprint density at radius 3 is 2.42 bits per heavy atom. The van der Waals surface area contributed by atoms with Crippen LogP contribution in [0, 0.1) is 11.8 Å². The number of ether oxygens (including phenoxy) is 1. The first kappa shape index (κ1) is 19.0. The van der Waals surface area contributed by atoms with E-state index in [2.05, 4.69) is 19.0 Å². The van der Waals surface area contributed by atoms with E-state index in [0.717, 1.165) is 17.9 Å². The van der Waals surface area contributed by atoms with Crippen LogP contribution in [0.5, 0.6) is 0 Å². The third-order valence-electron chi connectivity index (χ3n) is 8.06. The highest BCUT2D eigenvalue weighted by molar-refractivity contribution is 5.24. The van der Waals surface area contributed by atoms with Crippen molar-refractivity contribution in [3.63, 3.8) is 0 Å². The molecular weight excluding hydrogens is 318 g/mol. The van der Waals surface area contributed by atoms with Crippen LogP contribution in [0.1, 0.15) is 96.3 Å². The van der Waals surface area contributed by atoms with Gasteiger partial charge in [0.05, 0.1) is 12.2 Å². The van der Waals surface area contributed by atoms with Gasteiger partial charge in [0.2, 0.25) is 0 Å². The number of allylic oxidation sites excluding steroid dienone is 1. The van der Waals surface area contributed by atoms with Crippen LogP contribution in [-0.2, 0) is 4.74 Å². The van der Waals surface area contributed by atoms with Gasteiger partial charge in [-0.3, -0.25) is 0 Å². The topological polar surface area (TPSA) is 12.5 Å². The van der Waals surface area contributed by atoms with Gasteiger partial charge in [-0.1, -0.05) is 37.7 Å². The Hall–Kier alpha value is -0.340. The highest BCUT2D eigenvalue weighted by atomic mass is 16.5. The molecule has 4 aliphatic carbocycles. The fraction of sp³-hybridized carbons (Fsp3) is 0.917. The molecular formula is C24H41NO. The summed E-state index contributed by atoms with van der Waals surface area (Å²) in [6.07, 6.45) is 21.8. The number of hydrogen-bond donors (Lipinski definition) is 0. The largest absolute Gasteiger partial charge is 0.370 e. The first-order valence-corrected chi connectivity index (χ1v) is 11.7. The summed E-state index contributed by atoms with van der Waals surface area (Å²) in [5.41, 5.74) is 3.62. The zero-order valence-electron chi connectivity index (χ0n) is 17.3. The molecule has 5 atom stereocenters. The van der Waals surface area contributed by atoms with Crippen LogP contribution in [0.3, 0.4) is 0 Å². The van der Waals surface area contributed by atoms with Crippen LogP contribution in [-0.4, -0.2) is 37.2 Å². The smallest absolute Gasteiger partial charge is 0.0822 e. The zero-order valence-corrected chi connectivity index (χ0v) is 17.3. The molecule has 0 bridgehead atoms. The van der Waals surface area contributed by atoms with Gasteiger partial charge < -0.3 is 9.64 Å². The number of hydrogen-bond acceptors (Lipinski definition) is 2. The Bertz CT molecular complexity index is 496. The van der Waals surface area contributed by atoms with Crippen molar-refractivity contribution in [2.24, 2.45) is 11.8 Å². The van der Waals surface area contributed by atoms with Crippen LogP contribution in [0.4, 0.5) is 0 Å². The second-order valence-electron chi connectivity index (χ2n) is 9.90. The van der Waals surface area contributed by atoms with Crippen LogP contribution in [0.2, 0.25) is 0 Å². The third-order valence-corrected chi connectivity index (χ3v) is 8.06. The van der Waals surface area contributed by atoms with Crippen LogP contribution < -0.4 is 0 Å². The minimum atomic E-state index is 0.476. The predicted octanol–water partition coefficient (Wildman–Crippen LogP) is 6.11. The molecule has 0 heterocycles. The second-order valence-corrected chi connectivity index (χ2v) is 9.90. The van der Waals surface area contributed by atoms with Gasteiger partial charge in [0, 0.05) is 6.04 Å². The van der Waals surface area contributed by atoms with Gasteiger partial charge in [0.15, 0.2) is 0 Å². The molecule has 26 heavy (non-hydrogen) atoms. The Morgan fingerprint density at radius 2 is 1.54 bits per heavy atom. The first-order valence-electron chi connectivity index (χ1n) is 11.7. The van der Waals surface area contributed by atoms with E-state index in [9.17, 15) is 0 Å². The van der Waals surface area contributed by atoms with Crippen molar-refractivity contribution >= 4 is 0 Å². The molecule has 2 fully saturated rings. The maximum absolute atomic E-state index is 7.13. The summed E-state index contributed by atoms with van der Waals surface area (Å²) in [6.45, 7) is 0. The molecule has 0 aromatic rings. The number of rotatable bonds is 3. The molecule has 0 N–H and O–H groups in total. The number of nitrogens with zero attached hydrogens (tertiary/aromatic N) is 1. The monoisotopic (exact) mass is 359 g/mol. The van der Waals surface area contributed by atoms with E-state index in [-0.39, 0.29) is 0 Å². The van der Waals surface area contributed by atoms with Gasteiger partial charge in [0.25, 0.3) is 0 Å². The quantitative estimate of drug-likeness (QED) is 0.445. The SMILES string of the molecule is CN(C)[C@@H]1CCCCC(OC2C3=C(CCCC3)CCC3CCCCC32)C1. The molecule has 0 spiro atoms. The van der Waals surface area contributed by atoms with E-state index in [0.29, 0.717) is 12.2 Å². The molecule has 0 aliphatic heterocycles. The molecule has 0 aromatic heterocycles. The van der Waals surface area contributed by atoms with Gasteiger partial charge in [-0.05, 0) is 95.7 Å². The molecule has 4 unspecified atom stereocenters. The van der Waals surface area contributed by atoms with E-state index in [1.54, 1.807) is 5.57 Å². The molecule has 2 heteroatoms. The van der Waals surface area contributed by atoms with Gasteiger partial charge in [-0.15, -0.1) is 0 Å². The van der Waals surface area contributed by atoms with Gasteiger partial charge >= 0.3 is 0 Å². The molecule has 4 aliphatic rings. The van der Waals surface area contributed by atoms with E-state index >= 15 is 0 Å². The molecule has 2 nitrogen and oxygen atoms in total. The van der Waals surface area contributed by atoms with Crippen LogP contribution in [0.25, 0.3) is 0 Å². The fourth-order valence-corrected chi connectivity index (χ4v) is 6.51. The Kier molecular flexibility index (Phi) is 6.41. The summed E-state index contributed by atoms with van der Waals surface area (Å²) >= 11 is 0. The summed E-state index contributed by atoms with van der Waals surface area (Å²) in [4.78, 5) is 2.45. The van der Waals surface area contributed by atoms with Crippen molar-refractivity contribution in [1.82, 2.24) is 4.90 Å². The lowest BCUT2D eigenvalue weighted by Crippen LogP contribution is -2.38. The summed E-state index contributed by atoms with van der Waals surface area (Å²) in [7, 11) is 4.52. The average Bonchev–Trinajstić information content (AvgIpc) is 2.98. The molecule has 0 radical (unpaired) electrons. The standard InChI is InChI=1S/C24H41NO/c1-25(2)20-11-5-6-12-21(17-20)26-24-22-13-7-3-9-18(22)15-16-19-10-4-8-14-23(19)24/h18,20-22,24H,3-17H2,1-2H3/t18?,20-,21?,22?,24?/m1/s1. The Morgan fingerprint density at radius 1 is 0.769 bits per heavy atom. The minimum Gasteiger partial charge on any atom is -0.370 e. The summed E-state index contributed by atoms with van der Waals surface area (Å²) < 4.78 is 7.13. The molecule has 148 valence electrons. The van der Waals surface area contributed by atoms with Crippen molar-refractivity contribution in [1.29, 1.82) is 0 Å². The molecule has 2 saturated carbocycles. The highest BCUT2D eigenvalue weighted by Gasteiger charge is 2.39. The third kappa shape index (κ3) is 4.22. The summed E-state index contributed by atoms with van der Waals surface area (Å²) in [6, 6.07) is 0.718. The van der Waals surface area contributed by atoms with E-state index in [1.807, 2.05) is 5.57 Å². The number of fused-ring (bicyclic) bond motifs is 1. The van der Waals surface area contributed by atoms with Gasteiger partial charge in [-0.2, -0.15) is 0 Å². The van der Waals surface area contributed by atoms with Crippen molar-refractivity contribution in [3.8, 4) is 0 Å². The van der Waals surface area contributed by atoms with Gasteiger partial charge in [-0.25, -0.2) is 0 Å². The minimum absolute atomic E-state index is 0.476. The molecule has 0 saturated heterocycles. The summed E-state index contributed by atoms with van der Waals surface area (Å²) in [5.74, 6) is 1.77. The van der Waals surface area contributed by atoms with Crippen molar-refractivity contribution in [2.45, 2.75) is 115 Å². The molecule has 4 rings (SSSR count). The second kappa shape index (κ2) is 8.78. The van der Waals surface area contributed by atoms with Crippen LogP contribution in [0.15, 0.2) is 11.1 Å². The lowest BCUT2D eigenvalue weighted by molar-refractivity contribution is -0.0573. The summed E-state index contributed by atoms with van der Waals surface area (Å²) in [5, 5.41) is 0. The Labute approximate surface area is 161 Å². The lowest BCUT2D eigenvalue weighted by atomic mass is 9.73. The van der Waals surface area contributed by atoms with Crippen molar-refractivity contribution < 1.29 is 4.74 Å². The van der Waals surface area contributed by atoms with Crippen LogP contribution >= 0.6 is 0 Å². The van der Waals surface area contributed by atoms with E-state index in [1.165, 1.54) is 96.3 Å². The normalized spacial score (nSPS) is 39.1. The lowest BCUT2D eigenvalue weighted by Gasteiger charge is -2.39. The highest BCUT2D eigenvalue weighted by Crippen LogP contribution is 2.47. The average molecular weight is 360 g/mol. The maximum Gasteiger partial charge on any atom is 0.0822 e. The van der Waals surface area contributed by atoms with Gasteiger partial charge in [0.1, 0.15) is 0 Å². The van der Waals surface area contributed by atoms with Crippen molar-refractivity contribution in [2.75, 3.05) is 14.1 Å².